The van der Waals surface area contributed by atoms with Crippen molar-refractivity contribution in [1.29, 1.82) is 0 Å². The van der Waals surface area contributed by atoms with Crippen LogP contribution in [0.4, 0.5) is 0 Å². The second kappa shape index (κ2) is 5.81. The number of hydrogen-bond donors (Lipinski definition) is 2. The van der Waals surface area contributed by atoms with Gasteiger partial charge >= 0.3 is 0 Å². The summed E-state index contributed by atoms with van der Waals surface area (Å²) in [5, 5.41) is 8.93. The molecule has 0 spiro atoms. The van der Waals surface area contributed by atoms with E-state index in [4.69, 9.17) is 4.74 Å². The van der Waals surface area contributed by atoms with Crippen LogP contribution in [0.15, 0.2) is 20.9 Å². The fraction of sp³-hybridized carbons (Fsp3) is 0.615. The van der Waals surface area contributed by atoms with E-state index in [9.17, 15) is 0 Å². The molecule has 0 saturated carbocycles. The van der Waals surface area contributed by atoms with Gasteiger partial charge in [-0.05, 0) is 41.3 Å². The lowest BCUT2D eigenvalue weighted by Gasteiger charge is -2.22. The number of guanidine groups is 1. The molecule has 3 rings (SSSR count). The van der Waals surface area contributed by atoms with Crippen molar-refractivity contribution < 1.29 is 4.74 Å². The van der Waals surface area contributed by atoms with Gasteiger partial charge in [0.05, 0.1) is 24.8 Å². The van der Waals surface area contributed by atoms with E-state index in [1.165, 1.54) is 17.7 Å². The smallest absolute Gasteiger partial charge is 0.191 e. The first-order chi connectivity index (χ1) is 9.24. The van der Waals surface area contributed by atoms with Crippen molar-refractivity contribution in [2.24, 2.45) is 4.99 Å². The van der Waals surface area contributed by atoms with Crippen LogP contribution in [0.5, 0.6) is 0 Å². The predicted molar refractivity (Wildman–Crippen MR) is 81.7 cm³/mol. The minimum Gasteiger partial charge on any atom is -0.373 e. The van der Waals surface area contributed by atoms with Crippen LogP contribution in [0.3, 0.4) is 0 Å². The molecule has 19 heavy (non-hydrogen) atoms. The number of hydrogen-bond acceptors (Lipinski definition) is 3. The average Bonchev–Trinajstić information content (AvgIpc) is 3.11. The predicted octanol–water partition coefficient (Wildman–Crippen LogP) is 2.50. The molecule has 2 N–H and O–H groups in total. The van der Waals surface area contributed by atoms with Gasteiger partial charge in [-0.1, -0.05) is 0 Å². The third kappa shape index (κ3) is 3.12. The normalized spacial score (nSPS) is 29.8. The van der Waals surface area contributed by atoms with Gasteiger partial charge < -0.3 is 15.4 Å². The summed E-state index contributed by atoms with van der Waals surface area (Å²) in [4.78, 5) is 5.58. The van der Waals surface area contributed by atoms with Gasteiger partial charge in [-0.25, -0.2) is 0 Å². The summed E-state index contributed by atoms with van der Waals surface area (Å²) in [5.74, 6) is 0.866. The first-order valence-electron chi connectivity index (χ1n) is 6.60. The number of nitrogens with zero attached hydrogens (tertiary/aromatic N) is 1. The van der Waals surface area contributed by atoms with Crippen LogP contribution in [0, 0.1) is 0 Å². The van der Waals surface area contributed by atoms with Crippen LogP contribution in [0.25, 0.3) is 0 Å². The van der Waals surface area contributed by atoms with Crippen LogP contribution in [-0.2, 0) is 11.3 Å². The summed E-state index contributed by atoms with van der Waals surface area (Å²) in [6, 6.07) is 2.55. The molecule has 1 aromatic rings. The molecular weight excluding hydrogens is 326 g/mol. The SMILES string of the molecule is CN=C(NCc1cc(Br)cs1)NC1CC2CCC1O2. The average molecular weight is 344 g/mol. The molecule has 0 aliphatic carbocycles. The third-order valence-corrected chi connectivity index (χ3v) is 5.40. The summed E-state index contributed by atoms with van der Waals surface area (Å²) in [6.07, 6.45) is 4.35. The summed E-state index contributed by atoms with van der Waals surface area (Å²) in [7, 11) is 1.81. The zero-order chi connectivity index (χ0) is 13.2. The molecule has 104 valence electrons. The molecule has 2 bridgehead atoms. The van der Waals surface area contributed by atoms with Crippen LogP contribution in [0.2, 0.25) is 0 Å². The van der Waals surface area contributed by atoms with Crippen molar-refractivity contribution in [3.63, 3.8) is 0 Å². The van der Waals surface area contributed by atoms with E-state index >= 15 is 0 Å². The first-order valence-corrected chi connectivity index (χ1v) is 8.27. The molecule has 1 aromatic heterocycles. The van der Waals surface area contributed by atoms with Crippen LogP contribution >= 0.6 is 27.3 Å². The van der Waals surface area contributed by atoms with Crippen LogP contribution in [0.1, 0.15) is 24.1 Å². The number of aliphatic imine (C=N–C) groups is 1. The van der Waals surface area contributed by atoms with Gasteiger partial charge in [0.25, 0.3) is 0 Å². The van der Waals surface area contributed by atoms with E-state index in [0.717, 1.165) is 23.4 Å². The van der Waals surface area contributed by atoms with E-state index < -0.39 is 0 Å². The first kappa shape index (κ1) is 13.4. The Bertz CT molecular complexity index is 476. The Hall–Kier alpha value is -0.590. The number of halogens is 1. The molecule has 0 aromatic carbocycles. The Morgan fingerprint density at radius 3 is 3.05 bits per heavy atom. The second-order valence-electron chi connectivity index (χ2n) is 5.02. The zero-order valence-corrected chi connectivity index (χ0v) is 13.3. The molecule has 0 radical (unpaired) electrons. The van der Waals surface area contributed by atoms with Gasteiger partial charge in [0.1, 0.15) is 0 Å². The van der Waals surface area contributed by atoms with E-state index in [2.05, 4.69) is 43.0 Å². The Balaban J connectivity index is 1.51. The molecule has 3 heterocycles. The Kier molecular flexibility index (Phi) is 4.10. The third-order valence-electron chi connectivity index (χ3n) is 3.70. The largest absolute Gasteiger partial charge is 0.373 e. The lowest BCUT2D eigenvalue weighted by molar-refractivity contribution is 0.0992. The van der Waals surface area contributed by atoms with E-state index in [-0.39, 0.29) is 0 Å². The Morgan fingerprint density at radius 2 is 2.47 bits per heavy atom. The van der Waals surface area contributed by atoms with Gasteiger partial charge in [0, 0.05) is 21.8 Å². The molecular formula is C13H18BrN3OS. The van der Waals surface area contributed by atoms with Crippen molar-refractivity contribution in [2.45, 2.75) is 44.1 Å². The second-order valence-corrected chi connectivity index (χ2v) is 6.93. The highest BCUT2D eigenvalue weighted by Crippen LogP contribution is 2.34. The minimum atomic E-state index is 0.374. The lowest BCUT2D eigenvalue weighted by Crippen LogP contribution is -2.47. The van der Waals surface area contributed by atoms with Crippen LogP contribution < -0.4 is 10.6 Å². The van der Waals surface area contributed by atoms with E-state index in [0.29, 0.717) is 18.2 Å². The molecule has 2 aliphatic rings. The quantitative estimate of drug-likeness (QED) is 0.654. The molecule has 3 atom stereocenters. The summed E-state index contributed by atoms with van der Waals surface area (Å²) >= 11 is 5.21. The lowest BCUT2D eigenvalue weighted by atomic mass is 9.96. The molecule has 2 saturated heterocycles. The minimum absolute atomic E-state index is 0.374. The van der Waals surface area contributed by atoms with Crippen molar-refractivity contribution in [3.8, 4) is 0 Å². The maximum absolute atomic E-state index is 5.85. The van der Waals surface area contributed by atoms with Crippen molar-refractivity contribution in [1.82, 2.24) is 10.6 Å². The summed E-state index contributed by atoms with van der Waals surface area (Å²) in [6.45, 7) is 0.803. The fourth-order valence-corrected chi connectivity index (χ4v) is 4.17. The Labute approximate surface area is 125 Å². The molecule has 2 aliphatic heterocycles. The Morgan fingerprint density at radius 1 is 1.58 bits per heavy atom. The number of nitrogens with one attached hydrogen (secondary N) is 2. The molecule has 4 nitrogen and oxygen atoms in total. The number of rotatable bonds is 3. The summed E-state index contributed by atoms with van der Waals surface area (Å²) < 4.78 is 6.98. The standard InChI is InChI=1S/C13H18BrN3OS/c1-15-13(16-6-10-4-8(14)7-19-10)17-11-5-9-2-3-12(11)18-9/h4,7,9,11-12H,2-3,5-6H2,1H3,(H2,15,16,17). The van der Waals surface area contributed by atoms with Crippen LogP contribution in [-0.4, -0.2) is 31.3 Å². The maximum Gasteiger partial charge on any atom is 0.191 e. The number of ether oxygens (including phenoxy) is 1. The van der Waals surface area contributed by atoms with E-state index in [1.54, 1.807) is 11.3 Å². The molecule has 2 fully saturated rings. The van der Waals surface area contributed by atoms with E-state index in [1.807, 2.05) is 7.05 Å². The molecule has 3 unspecified atom stereocenters. The highest BCUT2D eigenvalue weighted by Gasteiger charge is 2.41. The van der Waals surface area contributed by atoms with Crippen molar-refractivity contribution in [3.05, 3.63) is 20.8 Å². The van der Waals surface area contributed by atoms with Gasteiger partial charge in [-0.3, -0.25) is 4.99 Å². The topological polar surface area (TPSA) is 45.7 Å². The fourth-order valence-electron chi connectivity index (χ4n) is 2.78. The maximum atomic E-state index is 5.85. The zero-order valence-electron chi connectivity index (χ0n) is 10.9. The monoisotopic (exact) mass is 343 g/mol. The highest BCUT2D eigenvalue weighted by molar-refractivity contribution is 9.10. The molecule has 6 heteroatoms. The number of thiophene rings is 1. The van der Waals surface area contributed by atoms with Crippen molar-refractivity contribution >= 4 is 33.2 Å². The van der Waals surface area contributed by atoms with Crippen molar-refractivity contribution in [2.75, 3.05) is 7.05 Å². The van der Waals surface area contributed by atoms with Gasteiger partial charge in [0.15, 0.2) is 5.96 Å². The van der Waals surface area contributed by atoms with Gasteiger partial charge in [0.2, 0.25) is 0 Å². The highest BCUT2D eigenvalue weighted by atomic mass is 79.9. The van der Waals surface area contributed by atoms with Gasteiger partial charge in [-0.15, -0.1) is 11.3 Å². The molecule has 0 amide bonds. The number of fused-ring (bicyclic) bond motifs is 2. The summed E-state index contributed by atoms with van der Waals surface area (Å²) in [5.41, 5.74) is 0. The van der Waals surface area contributed by atoms with Gasteiger partial charge in [-0.2, -0.15) is 0 Å².